The van der Waals surface area contributed by atoms with Gasteiger partial charge in [-0.3, -0.25) is 0 Å². The number of nitrogens with two attached hydrogens (primary N) is 1. The van der Waals surface area contributed by atoms with Crippen molar-refractivity contribution in [1.82, 2.24) is 0 Å². The SMILES string of the molecule is COc1cc2ccsc2c(N)c1C. The number of rotatable bonds is 1. The standard InChI is InChI=1S/C10H11NOS/c1-6-8(12-2)5-7-3-4-13-10(7)9(6)11/h3-5H,11H2,1-2H3. The molecule has 0 unspecified atom stereocenters. The van der Waals surface area contributed by atoms with Crippen LogP contribution in [0.25, 0.3) is 10.1 Å². The zero-order valence-corrected chi connectivity index (χ0v) is 8.44. The monoisotopic (exact) mass is 193 g/mol. The summed E-state index contributed by atoms with van der Waals surface area (Å²) < 4.78 is 6.38. The van der Waals surface area contributed by atoms with Crippen LogP contribution in [-0.4, -0.2) is 7.11 Å². The third-order valence-corrected chi connectivity index (χ3v) is 3.18. The molecule has 0 aliphatic heterocycles. The molecule has 0 fully saturated rings. The summed E-state index contributed by atoms with van der Waals surface area (Å²) in [6.45, 7) is 1.98. The fourth-order valence-electron chi connectivity index (χ4n) is 1.42. The Labute approximate surface area is 80.9 Å². The predicted octanol–water partition coefficient (Wildman–Crippen LogP) is 2.80. The van der Waals surface area contributed by atoms with E-state index in [2.05, 4.69) is 6.07 Å². The van der Waals surface area contributed by atoms with Crippen molar-refractivity contribution in [3.05, 3.63) is 23.1 Å². The van der Waals surface area contributed by atoms with Crippen LogP contribution in [0, 0.1) is 6.92 Å². The van der Waals surface area contributed by atoms with Crippen LogP contribution in [0.15, 0.2) is 17.5 Å². The minimum atomic E-state index is 0.837. The number of benzene rings is 1. The number of ether oxygens (including phenoxy) is 1. The van der Waals surface area contributed by atoms with E-state index in [4.69, 9.17) is 10.5 Å². The number of anilines is 1. The first-order valence-corrected chi connectivity index (χ1v) is 4.92. The minimum absolute atomic E-state index is 0.837. The quantitative estimate of drug-likeness (QED) is 0.707. The van der Waals surface area contributed by atoms with Crippen molar-refractivity contribution >= 4 is 27.1 Å². The van der Waals surface area contributed by atoms with E-state index in [0.29, 0.717) is 0 Å². The molecule has 0 aliphatic carbocycles. The molecule has 2 N–H and O–H groups in total. The molecule has 2 aromatic rings. The smallest absolute Gasteiger partial charge is 0.124 e. The first-order valence-electron chi connectivity index (χ1n) is 4.04. The normalized spacial score (nSPS) is 10.6. The third-order valence-electron chi connectivity index (χ3n) is 2.22. The van der Waals surface area contributed by atoms with Crippen LogP contribution in [0.5, 0.6) is 5.75 Å². The predicted molar refractivity (Wildman–Crippen MR) is 57.5 cm³/mol. The second-order valence-corrected chi connectivity index (χ2v) is 3.87. The van der Waals surface area contributed by atoms with E-state index in [1.54, 1.807) is 18.4 Å². The second-order valence-electron chi connectivity index (χ2n) is 2.96. The molecule has 1 heterocycles. The van der Waals surface area contributed by atoms with Gasteiger partial charge in [-0.25, -0.2) is 0 Å². The van der Waals surface area contributed by atoms with Gasteiger partial charge in [0.25, 0.3) is 0 Å². The van der Waals surface area contributed by atoms with Gasteiger partial charge in [0, 0.05) is 5.56 Å². The summed E-state index contributed by atoms with van der Waals surface area (Å²) >= 11 is 1.67. The number of nitrogen functional groups attached to an aromatic ring is 1. The lowest BCUT2D eigenvalue weighted by Crippen LogP contribution is -1.93. The van der Waals surface area contributed by atoms with Crippen molar-refractivity contribution in [1.29, 1.82) is 0 Å². The largest absolute Gasteiger partial charge is 0.496 e. The second kappa shape index (κ2) is 2.92. The van der Waals surface area contributed by atoms with Gasteiger partial charge in [0.15, 0.2) is 0 Å². The van der Waals surface area contributed by atoms with Crippen LogP contribution >= 0.6 is 11.3 Å². The molecule has 13 heavy (non-hydrogen) atoms. The Morgan fingerprint density at radius 1 is 1.46 bits per heavy atom. The molecule has 0 radical (unpaired) electrons. The van der Waals surface area contributed by atoms with Crippen LogP contribution in [-0.2, 0) is 0 Å². The van der Waals surface area contributed by atoms with Crippen molar-refractivity contribution in [2.45, 2.75) is 6.92 Å². The van der Waals surface area contributed by atoms with E-state index in [0.717, 1.165) is 27.1 Å². The molecule has 2 rings (SSSR count). The lowest BCUT2D eigenvalue weighted by atomic mass is 10.1. The van der Waals surface area contributed by atoms with Crippen LogP contribution in [0.4, 0.5) is 5.69 Å². The molecule has 68 valence electrons. The van der Waals surface area contributed by atoms with Gasteiger partial charge in [-0.05, 0) is 29.8 Å². The molecule has 0 aliphatic rings. The van der Waals surface area contributed by atoms with E-state index in [9.17, 15) is 0 Å². The first kappa shape index (κ1) is 8.38. The number of methoxy groups -OCH3 is 1. The molecule has 0 bridgehead atoms. The van der Waals surface area contributed by atoms with E-state index >= 15 is 0 Å². The van der Waals surface area contributed by atoms with Crippen molar-refractivity contribution in [2.75, 3.05) is 12.8 Å². The molecule has 3 heteroatoms. The van der Waals surface area contributed by atoms with E-state index < -0.39 is 0 Å². The summed E-state index contributed by atoms with van der Waals surface area (Å²) in [5.74, 6) is 0.864. The lowest BCUT2D eigenvalue weighted by molar-refractivity contribution is 0.412. The highest BCUT2D eigenvalue weighted by Gasteiger charge is 2.08. The highest BCUT2D eigenvalue weighted by Crippen LogP contribution is 2.35. The Hall–Kier alpha value is -1.22. The van der Waals surface area contributed by atoms with Crippen LogP contribution in [0.2, 0.25) is 0 Å². The van der Waals surface area contributed by atoms with Gasteiger partial charge in [-0.1, -0.05) is 0 Å². The van der Waals surface area contributed by atoms with Gasteiger partial charge in [0.05, 0.1) is 17.5 Å². The number of hydrogen-bond donors (Lipinski definition) is 1. The topological polar surface area (TPSA) is 35.2 Å². The van der Waals surface area contributed by atoms with E-state index in [-0.39, 0.29) is 0 Å². The third kappa shape index (κ3) is 1.16. The fourth-order valence-corrected chi connectivity index (χ4v) is 2.31. The molecular weight excluding hydrogens is 182 g/mol. The average Bonchev–Trinajstić information content (AvgIpc) is 2.59. The van der Waals surface area contributed by atoms with Crippen LogP contribution < -0.4 is 10.5 Å². The van der Waals surface area contributed by atoms with Crippen molar-refractivity contribution < 1.29 is 4.74 Å². The number of hydrogen-bond acceptors (Lipinski definition) is 3. The van der Waals surface area contributed by atoms with Gasteiger partial charge < -0.3 is 10.5 Å². The molecule has 0 atom stereocenters. The maximum Gasteiger partial charge on any atom is 0.124 e. The maximum atomic E-state index is 5.97. The highest BCUT2D eigenvalue weighted by molar-refractivity contribution is 7.17. The molecule has 0 spiro atoms. The molecule has 0 amide bonds. The van der Waals surface area contributed by atoms with Crippen LogP contribution in [0.1, 0.15) is 5.56 Å². The van der Waals surface area contributed by atoms with Crippen molar-refractivity contribution in [3.63, 3.8) is 0 Å². The lowest BCUT2D eigenvalue weighted by Gasteiger charge is -2.07. The Morgan fingerprint density at radius 2 is 2.23 bits per heavy atom. The Balaban J connectivity index is 2.83. The molecule has 2 nitrogen and oxygen atoms in total. The maximum absolute atomic E-state index is 5.97. The average molecular weight is 193 g/mol. The Kier molecular flexibility index (Phi) is 1.88. The molecule has 1 aromatic heterocycles. The Morgan fingerprint density at radius 3 is 2.92 bits per heavy atom. The summed E-state index contributed by atoms with van der Waals surface area (Å²) in [6, 6.07) is 4.08. The highest BCUT2D eigenvalue weighted by atomic mass is 32.1. The zero-order valence-electron chi connectivity index (χ0n) is 7.63. The molecular formula is C10H11NOS. The number of thiophene rings is 1. The summed E-state index contributed by atoms with van der Waals surface area (Å²) in [5.41, 5.74) is 7.83. The summed E-state index contributed by atoms with van der Waals surface area (Å²) in [7, 11) is 1.67. The Bertz CT molecular complexity index is 447. The summed E-state index contributed by atoms with van der Waals surface area (Å²) in [6.07, 6.45) is 0. The van der Waals surface area contributed by atoms with Gasteiger partial charge >= 0.3 is 0 Å². The summed E-state index contributed by atoms with van der Waals surface area (Å²) in [4.78, 5) is 0. The van der Waals surface area contributed by atoms with Gasteiger partial charge in [0.1, 0.15) is 5.75 Å². The fraction of sp³-hybridized carbons (Fsp3) is 0.200. The van der Waals surface area contributed by atoms with Gasteiger partial charge in [-0.15, -0.1) is 11.3 Å². The zero-order chi connectivity index (χ0) is 9.42. The van der Waals surface area contributed by atoms with Crippen molar-refractivity contribution in [3.8, 4) is 5.75 Å². The van der Waals surface area contributed by atoms with Crippen molar-refractivity contribution in [2.24, 2.45) is 0 Å². The van der Waals surface area contributed by atoms with E-state index in [1.807, 2.05) is 18.4 Å². The van der Waals surface area contributed by atoms with Gasteiger partial charge in [0.2, 0.25) is 0 Å². The minimum Gasteiger partial charge on any atom is -0.496 e. The first-order chi connectivity index (χ1) is 6.24. The summed E-state index contributed by atoms with van der Waals surface area (Å²) in [5, 5.41) is 3.20. The molecule has 0 saturated carbocycles. The van der Waals surface area contributed by atoms with Crippen LogP contribution in [0.3, 0.4) is 0 Å². The van der Waals surface area contributed by atoms with E-state index in [1.165, 1.54) is 0 Å². The molecule has 1 aromatic carbocycles. The van der Waals surface area contributed by atoms with Gasteiger partial charge in [-0.2, -0.15) is 0 Å². The molecule has 0 saturated heterocycles. The number of fused-ring (bicyclic) bond motifs is 1.